The molecule has 6 rings (SSSR count). The van der Waals surface area contributed by atoms with Gasteiger partial charge < -0.3 is 15.3 Å². The fourth-order valence-corrected chi connectivity index (χ4v) is 6.75. The third-order valence-corrected chi connectivity index (χ3v) is 8.61. The fourth-order valence-electron chi connectivity index (χ4n) is 6.75. The number of phenols is 2. The molecule has 2 aromatic rings. The molecular formula is C31H25NO8. The van der Waals surface area contributed by atoms with Gasteiger partial charge in [-0.1, -0.05) is 29.8 Å². The lowest BCUT2D eigenvalue weighted by molar-refractivity contribution is -0.123. The van der Waals surface area contributed by atoms with Crippen LogP contribution in [0.1, 0.15) is 47.2 Å². The predicted molar refractivity (Wildman–Crippen MR) is 142 cm³/mol. The van der Waals surface area contributed by atoms with Crippen LogP contribution in [-0.2, 0) is 19.2 Å². The highest BCUT2D eigenvalue weighted by molar-refractivity contribution is 6.25. The maximum absolute atomic E-state index is 13.9. The molecule has 4 atom stereocenters. The number of amides is 2. The Morgan fingerprint density at radius 1 is 0.975 bits per heavy atom. The van der Waals surface area contributed by atoms with Crippen molar-refractivity contribution in [1.29, 1.82) is 0 Å². The van der Waals surface area contributed by atoms with Crippen LogP contribution >= 0.6 is 0 Å². The number of hydrogen-bond donors (Lipinski definition) is 3. The van der Waals surface area contributed by atoms with Crippen LogP contribution in [0.4, 0.5) is 5.69 Å². The number of aryl methyl sites for hydroxylation is 1. The van der Waals surface area contributed by atoms with Crippen molar-refractivity contribution in [3.63, 3.8) is 0 Å². The number of carboxylic acid groups (broad SMARTS) is 1. The van der Waals surface area contributed by atoms with E-state index in [2.05, 4.69) is 0 Å². The number of ketones is 2. The second kappa shape index (κ2) is 8.87. The number of carboxylic acids is 1. The van der Waals surface area contributed by atoms with E-state index in [1.54, 1.807) is 32.0 Å². The maximum atomic E-state index is 13.9. The normalized spacial score (nSPS) is 25.8. The number of aromatic carboxylic acids is 1. The summed E-state index contributed by atoms with van der Waals surface area (Å²) >= 11 is 0. The van der Waals surface area contributed by atoms with E-state index in [-0.39, 0.29) is 41.4 Å². The highest BCUT2D eigenvalue weighted by Gasteiger charge is 2.57. The van der Waals surface area contributed by atoms with Gasteiger partial charge >= 0.3 is 5.97 Å². The number of carbonyl (C=O) groups excluding carboxylic acids is 4. The first kappa shape index (κ1) is 25.5. The number of anilines is 1. The minimum Gasteiger partial charge on any atom is -0.507 e. The average Bonchev–Trinajstić information content (AvgIpc) is 3.17. The molecule has 9 nitrogen and oxygen atoms in total. The number of carbonyl (C=O) groups is 5. The van der Waals surface area contributed by atoms with Crippen molar-refractivity contribution < 1.29 is 39.3 Å². The molecule has 0 unspecified atom stereocenters. The molecule has 0 bridgehead atoms. The summed E-state index contributed by atoms with van der Waals surface area (Å²) in [4.78, 5) is 66.5. The largest absolute Gasteiger partial charge is 0.507 e. The highest BCUT2D eigenvalue weighted by Crippen LogP contribution is 2.56. The number of imide groups is 1. The molecule has 40 heavy (non-hydrogen) atoms. The van der Waals surface area contributed by atoms with Crippen LogP contribution in [0, 0.1) is 24.7 Å². The van der Waals surface area contributed by atoms with Gasteiger partial charge in [-0.2, -0.15) is 0 Å². The number of phenolic OH excluding ortho intramolecular Hbond substituents is 1. The molecule has 1 heterocycles. The molecule has 0 radical (unpaired) electrons. The van der Waals surface area contributed by atoms with E-state index < -0.39 is 47.2 Å². The number of para-hydroxylation sites is 1. The van der Waals surface area contributed by atoms with Crippen LogP contribution < -0.4 is 4.90 Å². The van der Waals surface area contributed by atoms with Gasteiger partial charge in [-0.05, 0) is 56.4 Å². The fraction of sp³-hybridized carbons (Fsp3) is 0.258. The summed E-state index contributed by atoms with van der Waals surface area (Å²) < 4.78 is 0. The number of benzene rings is 2. The van der Waals surface area contributed by atoms with Crippen molar-refractivity contribution in [2.45, 2.75) is 32.6 Å². The minimum absolute atomic E-state index is 0.000931. The topological polar surface area (TPSA) is 149 Å². The Bertz CT molecular complexity index is 1680. The second-order valence-electron chi connectivity index (χ2n) is 10.8. The number of rotatable bonds is 3. The highest BCUT2D eigenvalue weighted by atomic mass is 16.4. The van der Waals surface area contributed by atoms with Crippen molar-refractivity contribution in [1.82, 2.24) is 0 Å². The molecule has 2 amide bonds. The summed E-state index contributed by atoms with van der Waals surface area (Å²) in [6, 6.07) is 8.72. The average molecular weight is 540 g/mol. The SMILES string of the molecule is CC1=CC(=O)C2=C(C[C@@H]3C(=CC[C@@H]4C(=O)N(c5ccc(C(=O)O)c(O)c5)C(=O)[C@@H]43)[C@@H]2c2cccc(C)c2O)C1=O. The Labute approximate surface area is 228 Å². The van der Waals surface area contributed by atoms with E-state index >= 15 is 0 Å². The number of nitrogens with zero attached hydrogens (tertiary/aromatic N) is 1. The molecule has 0 spiro atoms. The van der Waals surface area contributed by atoms with Gasteiger partial charge in [-0.25, -0.2) is 9.69 Å². The van der Waals surface area contributed by atoms with Gasteiger partial charge in [-0.15, -0.1) is 0 Å². The Balaban J connectivity index is 1.48. The van der Waals surface area contributed by atoms with E-state index in [0.29, 0.717) is 33.4 Å². The first-order chi connectivity index (χ1) is 19.0. The molecule has 1 aliphatic heterocycles. The van der Waals surface area contributed by atoms with Crippen molar-refractivity contribution in [3.8, 4) is 11.5 Å². The molecule has 0 saturated carbocycles. The van der Waals surface area contributed by atoms with Gasteiger partial charge in [0.2, 0.25) is 11.8 Å². The summed E-state index contributed by atoms with van der Waals surface area (Å²) in [6.45, 7) is 3.30. The standard InChI is InChI=1S/C31H25NO8/c1-13-4-3-5-18(27(13)35)24-16-8-9-19-25(20(16)12-21-26(24)23(34)10-14(2)28(21)36)30(38)32(29(19)37)15-6-7-17(31(39)40)22(33)11-15/h3-8,10-11,19-20,24-25,33,35H,9,12H2,1-2H3,(H,39,40)/t19-,20+,24+,25-/m0/s1. The van der Waals surface area contributed by atoms with Gasteiger partial charge in [0.05, 0.1) is 17.5 Å². The number of Topliss-reactive ketones (excluding diaryl/α,β-unsaturated/α-hetero) is 1. The van der Waals surface area contributed by atoms with Crippen LogP contribution in [0.5, 0.6) is 11.5 Å². The molecule has 2 aromatic carbocycles. The molecule has 3 N–H and O–H groups in total. The van der Waals surface area contributed by atoms with E-state index in [9.17, 15) is 39.3 Å². The summed E-state index contributed by atoms with van der Waals surface area (Å²) in [7, 11) is 0. The summed E-state index contributed by atoms with van der Waals surface area (Å²) in [5.41, 5.74) is 2.34. The molecule has 1 saturated heterocycles. The lowest BCUT2D eigenvalue weighted by Crippen LogP contribution is -2.39. The molecule has 202 valence electrons. The van der Waals surface area contributed by atoms with Crippen molar-refractivity contribution in [3.05, 3.63) is 87.5 Å². The van der Waals surface area contributed by atoms with Crippen LogP contribution in [0.25, 0.3) is 0 Å². The molecule has 4 aliphatic rings. The van der Waals surface area contributed by atoms with Gasteiger partial charge in [0.1, 0.15) is 17.1 Å². The number of hydrogen-bond acceptors (Lipinski definition) is 7. The Morgan fingerprint density at radius 2 is 1.73 bits per heavy atom. The minimum atomic E-state index is -1.35. The summed E-state index contributed by atoms with van der Waals surface area (Å²) in [5.74, 6) is -6.46. The molecule has 9 heteroatoms. The smallest absolute Gasteiger partial charge is 0.339 e. The zero-order chi connectivity index (χ0) is 28.6. The van der Waals surface area contributed by atoms with Crippen LogP contribution in [0.15, 0.2) is 70.8 Å². The third kappa shape index (κ3) is 3.50. The molecule has 1 fully saturated rings. The number of aromatic hydroxyl groups is 2. The maximum Gasteiger partial charge on any atom is 0.339 e. The molecular weight excluding hydrogens is 514 g/mol. The van der Waals surface area contributed by atoms with Crippen LogP contribution in [-0.4, -0.2) is 44.7 Å². The summed E-state index contributed by atoms with van der Waals surface area (Å²) in [5, 5.41) is 30.5. The molecule has 0 aromatic heterocycles. The summed E-state index contributed by atoms with van der Waals surface area (Å²) in [6.07, 6.45) is 3.47. The monoisotopic (exact) mass is 539 g/mol. The quantitative estimate of drug-likeness (QED) is 0.303. The van der Waals surface area contributed by atoms with Crippen molar-refractivity contribution in [2.24, 2.45) is 17.8 Å². The van der Waals surface area contributed by atoms with E-state index in [4.69, 9.17) is 0 Å². The number of allylic oxidation sites excluding steroid dienone is 6. The van der Waals surface area contributed by atoms with Gasteiger partial charge in [0, 0.05) is 34.3 Å². The Hall–Kier alpha value is -4.79. The van der Waals surface area contributed by atoms with Gasteiger partial charge in [0.25, 0.3) is 0 Å². The second-order valence-corrected chi connectivity index (χ2v) is 10.8. The van der Waals surface area contributed by atoms with Crippen LogP contribution in [0.2, 0.25) is 0 Å². The third-order valence-electron chi connectivity index (χ3n) is 8.61. The Morgan fingerprint density at radius 3 is 2.42 bits per heavy atom. The van der Waals surface area contributed by atoms with Crippen molar-refractivity contribution in [2.75, 3.05) is 4.90 Å². The Kier molecular flexibility index (Phi) is 5.65. The first-order valence-electron chi connectivity index (χ1n) is 12.9. The number of fused-ring (bicyclic) bond motifs is 3. The zero-order valence-electron chi connectivity index (χ0n) is 21.7. The van der Waals surface area contributed by atoms with E-state index in [1.165, 1.54) is 12.1 Å². The van der Waals surface area contributed by atoms with Gasteiger partial charge in [-0.3, -0.25) is 19.2 Å². The van der Waals surface area contributed by atoms with Gasteiger partial charge in [0.15, 0.2) is 11.6 Å². The zero-order valence-corrected chi connectivity index (χ0v) is 21.7. The first-order valence-corrected chi connectivity index (χ1v) is 12.9. The van der Waals surface area contributed by atoms with E-state index in [0.717, 1.165) is 17.0 Å². The predicted octanol–water partition coefficient (Wildman–Crippen LogP) is 3.74. The lowest BCUT2D eigenvalue weighted by atomic mass is 9.59. The lowest BCUT2D eigenvalue weighted by Gasteiger charge is -2.42. The molecule has 3 aliphatic carbocycles. The van der Waals surface area contributed by atoms with E-state index in [1.807, 2.05) is 6.08 Å². The van der Waals surface area contributed by atoms with Crippen LogP contribution in [0.3, 0.4) is 0 Å². The van der Waals surface area contributed by atoms with Crippen molar-refractivity contribution >= 4 is 35.0 Å².